The summed E-state index contributed by atoms with van der Waals surface area (Å²) >= 11 is 6.40. The van der Waals surface area contributed by atoms with Crippen LogP contribution in [-0.2, 0) is 17.8 Å². The fourth-order valence-corrected chi connectivity index (χ4v) is 5.64. The van der Waals surface area contributed by atoms with Crippen molar-refractivity contribution in [3.05, 3.63) is 64.1 Å². The fraction of sp³-hybridized carbons (Fsp3) is 0.480. The monoisotopic (exact) mass is 482 g/mol. The molecule has 2 fully saturated rings. The summed E-state index contributed by atoms with van der Waals surface area (Å²) in [6.45, 7) is 6.61. The first-order valence-corrected chi connectivity index (χ1v) is 12.4. The van der Waals surface area contributed by atoms with Gasteiger partial charge in [-0.1, -0.05) is 11.6 Å². The van der Waals surface area contributed by atoms with Crippen LogP contribution >= 0.6 is 11.6 Å². The Morgan fingerprint density at radius 2 is 1.94 bits per heavy atom. The number of piperidine rings is 1. The maximum Gasteiger partial charge on any atom is 0.151 e. The van der Waals surface area contributed by atoms with Gasteiger partial charge < -0.3 is 9.64 Å². The highest BCUT2D eigenvalue weighted by Crippen LogP contribution is 2.35. The second-order valence-corrected chi connectivity index (χ2v) is 9.99. The van der Waals surface area contributed by atoms with E-state index >= 15 is 0 Å². The van der Waals surface area contributed by atoms with Crippen LogP contribution in [0.2, 0.25) is 5.02 Å². The standard InChI is InChI=1S/C25H28ClFN6O/c1-16-10-23(28-12-21(16)27)31-7-4-17(5-8-31)25-30-29-24-14-32(20-6-9-34-15-20)13-18-11-19(26)2-3-22(18)33(24)25/h2-3,10-12,17,20H,4-9,13-15H2,1H3/t20-/m0/s1. The van der Waals surface area contributed by atoms with Gasteiger partial charge in [-0.2, -0.15) is 0 Å². The summed E-state index contributed by atoms with van der Waals surface area (Å²) < 4.78 is 21.6. The van der Waals surface area contributed by atoms with Gasteiger partial charge >= 0.3 is 0 Å². The van der Waals surface area contributed by atoms with Gasteiger partial charge in [0.15, 0.2) is 5.82 Å². The Morgan fingerprint density at radius 3 is 2.71 bits per heavy atom. The fourth-order valence-electron chi connectivity index (χ4n) is 5.45. The smallest absolute Gasteiger partial charge is 0.151 e. The van der Waals surface area contributed by atoms with Crippen LogP contribution in [0.15, 0.2) is 30.5 Å². The minimum Gasteiger partial charge on any atom is -0.380 e. The minimum atomic E-state index is -0.262. The number of aromatic nitrogens is 4. The van der Waals surface area contributed by atoms with Gasteiger partial charge in [0.1, 0.15) is 17.5 Å². The number of hydrogen-bond donors (Lipinski definition) is 0. The van der Waals surface area contributed by atoms with E-state index in [0.717, 1.165) is 86.8 Å². The predicted octanol–water partition coefficient (Wildman–Crippen LogP) is 4.25. The normalized spacial score (nSPS) is 21.4. The number of nitrogens with zero attached hydrogens (tertiary/aromatic N) is 6. The topological polar surface area (TPSA) is 59.3 Å². The maximum atomic E-state index is 13.7. The van der Waals surface area contributed by atoms with Crippen molar-refractivity contribution in [1.82, 2.24) is 24.6 Å². The zero-order valence-electron chi connectivity index (χ0n) is 19.3. The molecule has 0 bridgehead atoms. The van der Waals surface area contributed by atoms with Crippen LogP contribution in [0.3, 0.4) is 0 Å². The molecule has 178 valence electrons. The Labute approximate surface area is 203 Å². The van der Waals surface area contributed by atoms with E-state index in [-0.39, 0.29) is 5.82 Å². The van der Waals surface area contributed by atoms with Crippen LogP contribution < -0.4 is 4.90 Å². The van der Waals surface area contributed by atoms with Gasteiger partial charge in [-0.15, -0.1) is 10.2 Å². The summed E-state index contributed by atoms with van der Waals surface area (Å²) in [7, 11) is 0. The molecule has 3 aromatic rings. The van der Waals surface area contributed by atoms with E-state index in [9.17, 15) is 4.39 Å². The molecule has 6 rings (SSSR count). The second kappa shape index (κ2) is 8.91. The van der Waals surface area contributed by atoms with Crippen molar-refractivity contribution in [2.24, 2.45) is 0 Å². The summed E-state index contributed by atoms with van der Waals surface area (Å²) in [6, 6.07) is 8.34. The average molecular weight is 483 g/mol. The molecule has 0 amide bonds. The number of rotatable bonds is 3. The molecular weight excluding hydrogens is 455 g/mol. The number of benzene rings is 1. The van der Waals surface area contributed by atoms with E-state index < -0.39 is 0 Å². The first kappa shape index (κ1) is 21.9. The molecule has 3 aliphatic rings. The highest BCUT2D eigenvalue weighted by molar-refractivity contribution is 6.30. The van der Waals surface area contributed by atoms with Crippen molar-refractivity contribution in [2.75, 3.05) is 31.2 Å². The van der Waals surface area contributed by atoms with Crippen molar-refractivity contribution in [1.29, 1.82) is 0 Å². The van der Waals surface area contributed by atoms with Crippen LogP contribution in [0, 0.1) is 12.7 Å². The lowest BCUT2D eigenvalue weighted by Gasteiger charge is -2.32. The van der Waals surface area contributed by atoms with Gasteiger partial charge in [-0.25, -0.2) is 9.37 Å². The van der Waals surface area contributed by atoms with Gasteiger partial charge in [0.05, 0.1) is 25.0 Å². The van der Waals surface area contributed by atoms with Crippen LogP contribution in [0.4, 0.5) is 10.2 Å². The lowest BCUT2D eigenvalue weighted by Crippen LogP contribution is -2.34. The van der Waals surface area contributed by atoms with Gasteiger partial charge in [-0.3, -0.25) is 9.47 Å². The molecule has 0 saturated carbocycles. The van der Waals surface area contributed by atoms with Crippen LogP contribution in [0.5, 0.6) is 0 Å². The van der Waals surface area contributed by atoms with E-state index in [1.807, 2.05) is 12.1 Å². The van der Waals surface area contributed by atoms with Crippen LogP contribution in [0.1, 0.15) is 48.0 Å². The lowest BCUT2D eigenvalue weighted by atomic mass is 9.95. The number of aryl methyl sites for hydroxylation is 1. The quantitative estimate of drug-likeness (QED) is 0.556. The SMILES string of the molecule is Cc1cc(N2CCC(c3nnc4n3-c3ccc(Cl)cc3CN([C@H]3CCOC3)C4)CC2)ncc1F. The summed E-state index contributed by atoms with van der Waals surface area (Å²) in [4.78, 5) is 8.99. The summed E-state index contributed by atoms with van der Waals surface area (Å²) in [5.74, 6) is 2.87. The number of halogens is 2. The van der Waals surface area contributed by atoms with Crippen molar-refractivity contribution < 1.29 is 9.13 Å². The molecule has 0 unspecified atom stereocenters. The molecule has 7 nitrogen and oxygen atoms in total. The van der Waals surface area contributed by atoms with Gasteiger partial charge in [0.2, 0.25) is 0 Å². The van der Waals surface area contributed by atoms with E-state index in [4.69, 9.17) is 21.4 Å². The molecule has 9 heteroatoms. The first-order valence-electron chi connectivity index (χ1n) is 12.0. The lowest BCUT2D eigenvalue weighted by molar-refractivity contribution is 0.133. The van der Waals surface area contributed by atoms with Crippen LogP contribution in [-0.4, -0.2) is 57.0 Å². The van der Waals surface area contributed by atoms with Gasteiger partial charge in [-0.05, 0) is 61.6 Å². The highest BCUT2D eigenvalue weighted by atomic mass is 35.5. The van der Waals surface area contributed by atoms with E-state index in [1.54, 1.807) is 6.92 Å². The van der Waals surface area contributed by atoms with Crippen molar-refractivity contribution in [3.63, 3.8) is 0 Å². The number of fused-ring (bicyclic) bond motifs is 3. The zero-order chi connectivity index (χ0) is 23.2. The van der Waals surface area contributed by atoms with E-state index in [2.05, 4.69) is 36.6 Å². The Balaban J connectivity index is 1.29. The Morgan fingerprint density at radius 1 is 1.09 bits per heavy atom. The molecular formula is C25H28ClFN6O. The highest BCUT2D eigenvalue weighted by Gasteiger charge is 2.33. The number of ether oxygens (including phenoxy) is 1. The maximum absolute atomic E-state index is 13.7. The molecule has 5 heterocycles. The third-order valence-electron chi connectivity index (χ3n) is 7.39. The number of hydrogen-bond acceptors (Lipinski definition) is 6. The molecule has 2 saturated heterocycles. The Bertz CT molecular complexity index is 1200. The predicted molar refractivity (Wildman–Crippen MR) is 128 cm³/mol. The summed E-state index contributed by atoms with van der Waals surface area (Å²) in [5, 5.41) is 10.1. The molecule has 0 N–H and O–H groups in total. The molecule has 0 spiro atoms. The van der Waals surface area contributed by atoms with Crippen LogP contribution in [0.25, 0.3) is 5.69 Å². The minimum absolute atomic E-state index is 0.262. The van der Waals surface area contributed by atoms with E-state index in [0.29, 0.717) is 17.5 Å². The number of pyridine rings is 1. The second-order valence-electron chi connectivity index (χ2n) is 9.56. The van der Waals surface area contributed by atoms with Gasteiger partial charge in [0.25, 0.3) is 0 Å². The molecule has 3 aliphatic heterocycles. The zero-order valence-corrected chi connectivity index (χ0v) is 20.0. The van der Waals surface area contributed by atoms with E-state index in [1.165, 1.54) is 11.8 Å². The third kappa shape index (κ3) is 3.97. The van der Waals surface area contributed by atoms with Gasteiger partial charge in [0, 0.05) is 43.2 Å². The molecule has 1 aromatic carbocycles. The van der Waals surface area contributed by atoms with Crippen molar-refractivity contribution in [2.45, 2.75) is 51.2 Å². The molecule has 0 aliphatic carbocycles. The number of anilines is 1. The van der Waals surface area contributed by atoms with Crippen molar-refractivity contribution >= 4 is 17.4 Å². The summed E-state index contributed by atoms with van der Waals surface area (Å²) in [6.07, 6.45) is 4.24. The molecule has 0 radical (unpaired) electrons. The molecule has 1 atom stereocenters. The molecule has 2 aromatic heterocycles. The first-order chi connectivity index (χ1) is 16.6. The van der Waals surface area contributed by atoms with Crippen molar-refractivity contribution in [3.8, 4) is 5.69 Å². The molecule has 34 heavy (non-hydrogen) atoms. The Hall–Kier alpha value is -2.55. The summed E-state index contributed by atoms with van der Waals surface area (Å²) in [5.41, 5.74) is 2.95. The largest absolute Gasteiger partial charge is 0.380 e. The third-order valence-corrected chi connectivity index (χ3v) is 7.63. The Kier molecular flexibility index (Phi) is 5.75. The average Bonchev–Trinajstić information content (AvgIpc) is 3.49.